The summed E-state index contributed by atoms with van der Waals surface area (Å²) in [5.74, 6) is -0.295. The van der Waals surface area contributed by atoms with E-state index in [1.54, 1.807) is 47.6 Å². The van der Waals surface area contributed by atoms with Crippen LogP contribution in [0.4, 0.5) is 5.69 Å². The zero-order chi connectivity index (χ0) is 25.4. The molecular formula is C26H35NO6S. The number of carboxylic acids is 1. The lowest BCUT2D eigenvalue weighted by atomic mass is 9.86. The van der Waals surface area contributed by atoms with Gasteiger partial charge in [-0.2, -0.15) is 0 Å². The van der Waals surface area contributed by atoms with Crippen LogP contribution in [0.3, 0.4) is 0 Å². The van der Waals surface area contributed by atoms with E-state index in [0.717, 1.165) is 40.8 Å². The smallest absolute Gasteiger partial charge is 0.337 e. The van der Waals surface area contributed by atoms with Crippen molar-refractivity contribution >= 4 is 21.7 Å². The molecule has 0 aromatic heterocycles. The van der Waals surface area contributed by atoms with Crippen LogP contribution in [0.1, 0.15) is 69.4 Å². The van der Waals surface area contributed by atoms with Gasteiger partial charge in [0, 0.05) is 5.56 Å². The van der Waals surface area contributed by atoms with Gasteiger partial charge in [-0.25, -0.2) is 13.2 Å². The fourth-order valence-electron chi connectivity index (χ4n) is 4.13. The lowest BCUT2D eigenvalue weighted by Gasteiger charge is -2.30. The molecule has 34 heavy (non-hydrogen) atoms. The number of nitrogens with one attached hydrogen (secondary N) is 1. The average molecular weight is 490 g/mol. The second-order valence-corrected chi connectivity index (χ2v) is 12.3. The lowest BCUT2D eigenvalue weighted by Crippen LogP contribution is -2.29. The van der Waals surface area contributed by atoms with Crippen molar-refractivity contribution in [3.05, 3.63) is 46.5 Å². The summed E-state index contributed by atoms with van der Waals surface area (Å²) in [6.45, 7) is 12.9. The van der Waals surface area contributed by atoms with E-state index in [9.17, 15) is 18.3 Å². The first-order valence-corrected chi connectivity index (χ1v) is 13.1. The summed E-state index contributed by atoms with van der Waals surface area (Å²) in [7, 11) is -3.63. The Labute approximate surface area is 202 Å². The predicted molar refractivity (Wildman–Crippen MR) is 134 cm³/mol. The normalized spacial score (nSPS) is 14.9. The Morgan fingerprint density at radius 3 is 2.44 bits per heavy atom. The number of hydrogen-bond acceptors (Lipinski definition) is 5. The van der Waals surface area contributed by atoms with Crippen LogP contribution in [0.15, 0.2) is 24.3 Å². The highest BCUT2D eigenvalue weighted by atomic mass is 32.2. The van der Waals surface area contributed by atoms with Crippen molar-refractivity contribution in [3.8, 4) is 16.9 Å². The largest absolute Gasteiger partial charge is 0.493 e. The van der Waals surface area contributed by atoms with E-state index in [4.69, 9.17) is 9.47 Å². The number of carboxylic acid groups (broad SMARTS) is 1. The van der Waals surface area contributed by atoms with Gasteiger partial charge in [-0.3, -0.25) is 4.72 Å². The molecule has 1 unspecified atom stereocenters. The molecule has 2 aromatic rings. The number of aliphatic carboxylic acids is 1. The van der Waals surface area contributed by atoms with Crippen LogP contribution in [-0.2, 0) is 26.0 Å². The predicted octanol–water partition coefficient (Wildman–Crippen LogP) is 5.39. The van der Waals surface area contributed by atoms with Gasteiger partial charge in [0.1, 0.15) is 5.75 Å². The molecule has 1 aliphatic rings. The Kier molecular flexibility index (Phi) is 7.34. The van der Waals surface area contributed by atoms with Crippen LogP contribution >= 0.6 is 0 Å². The number of carbonyl (C=O) groups is 1. The molecule has 186 valence electrons. The van der Waals surface area contributed by atoms with Gasteiger partial charge in [0.05, 0.1) is 23.1 Å². The minimum Gasteiger partial charge on any atom is -0.493 e. The van der Waals surface area contributed by atoms with Crippen LogP contribution in [0.25, 0.3) is 11.1 Å². The van der Waals surface area contributed by atoms with E-state index in [0.29, 0.717) is 23.4 Å². The van der Waals surface area contributed by atoms with Gasteiger partial charge in [0.2, 0.25) is 10.0 Å². The number of sulfonamides is 1. The summed E-state index contributed by atoms with van der Waals surface area (Å²) in [6.07, 6.45) is 0.510. The van der Waals surface area contributed by atoms with E-state index in [1.165, 1.54) is 0 Å². The fraction of sp³-hybridized carbons (Fsp3) is 0.500. The van der Waals surface area contributed by atoms with Crippen LogP contribution in [0, 0.1) is 13.8 Å². The molecule has 3 rings (SSSR count). The third-order valence-electron chi connectivity index (χ3n) is 5.86. The van der Waals surface area contributed by atoms with Gasteiger partial charge in [-0.15, -0.1) is 0 Å². The van der Waals surface area contributed by atoms with E-state index in [2.05, 4.69) is 4.72 Å². The summed E-state index contributed by atoms with van der Waals surface area (Å²) in [5, 5.41) is 9.56. The Hall–Kier alpha value is -2.58. The zero-order valence-corrected chi connectivity index (χ0v) is 21.8. The number of aryl methyl sites for hydroxylation is 2. The van der Waals surface area contributed by atoms with Gasteiger partial charge < -0.3 is 14.6 Å². The molecule has 0 amide bonds. The second-order valence-electron chi connectivity index (χ2n) is 10.1. The van der Waals surface area contributed by atoms with Crippen molar-refractivity contribution < 1.29 is 27.8 Å². The minimum absolute atomic E-state index is 0.356. The van der Waals surface area contributed by atoms with E-state index in [-0.39, 0.29) is 0 Å². The number of rotatable bonds is 7. The summed E-state index contributed by atoms with van der Waals surface area (Å²) < 4.78 is 39.7. The van der Waals surface area contributed by atoms with Crippen molar-refractivity contribution in [3.63, 3.8) is 0 Å². The third kappa shape index (κ3) is 5.55. The first kappa shape index (κ1) is 26.0. The van der Waals surface area contributed by atoms with E-state index >= 15 is 0 Å². The van der Waals surface area contributed by atoms with Crippen LogP contribution in [0.5, 0.6) is 5.75 Å². The number of benzene rings is 2. The molecule has 0 radical (unpaired) electrons. The van der Waals surface area contributed by atoms with Crippen molar-refractivity contribution in [2.24, 2.45) is 0 Å². The van der Waals surface area contributed by atoms with Crippen LogP contribution in [0.2, 0.25) is 0 Å². The molecule has 1 heterocycles. The standard InChI is InChI=1S/C26H35NO6S/c1-15(2)34(30,31)27-20-13-16(3)22(19-10-11-21-18(14-19)9-8-12-32-21)23(17(20)4)24(25(28)29)33-26(5,6)7/h10-11,13-15,24,27H,8-9,12H2,1-7H3,(H,28,29). The number of anilines is 1. The molecule has 0 spiro atoms. The van der Waals surface area contributed by atoms with Crippen molar-refractivity contribution in [2.75, 3.05) is 11.3 Å². The summed E-state index contributed by atoms with van der Waals surface area (Å²) in [4.78, 5) is 12.5. The average Bonchev–Trinajstić information content (AvgIpc) is 2.73. The van der Waals surface area contributed by atoms with E-state index < -0.39 is 32.9 Å². The Bertz CT molecular complexity index is 1190. The Balaban J connectivity index is 2.30. The first-order chi connectivity index (χ1) is 15.7. The summed E-state index contributed by atoms with van der Waals surface area (Å²) >= 11 is 0. The third-order valence-corrected chi connectivity index (χ3v) is 7.61. The molecule has 1 atom stereocenters. The molecule has 7 nitrogen and oxygen atoms in total. The zero-order valence-electron chi connectivity index (χ0n) is 21.0. The lowest BCUT2D eigenvalue weighted by molar-refractivity contribution is -0.160. The molecule has 0 bridgehead atoms. The number of fused-ring (bicyclic) bond motifs is 1. The van der Waals surface area contributed by atoms with Crippen molar-refractivity contribution in [1.29, 1.82) is 0 Å². The maximum absolute atomic E-state index is 12.6. The second kappa shape index (κ2) is 9.58. The Morgan fingerprint density at radius 1 is 1.18 bits per heavy atom. The van der Waals surface area contributed by atoms with Crippen molar-refractivity contribution in [2.45, 2.75) is 78.3 Å². The van der Waals surface area contributed by atoms with Gasteiger partial charge in [-0.1, -0.05) is 6.07 Å². The maximum Gasteiger partial charge on any atom is 0.337 e. The number of hydrogen-bond donors (Lipinski definition) is 2. The summed E-state index contributed by atoms with van der Waals surface area (Å²) in [5.41, 5.74) is 3.99. The SMILES string of the molecule is Cc1cc(NS(=O)(=O)C(C)C)c(C)c(C(OC(C)(C)C)C(=O)O)c1-c1ccc2c(c1)CCCO2. The van der Waals surface area contributed by atoms with Crippen LogP contribution in [-0.4, -0.2) is 37.0 Å². The number of ether oxygens (including phenoxy) is 2. The van der Waals surface area contributed by atoms with Gasteiger partial charge in [-0.05, 0) is 107 Å². The highest BCUT2D eigenvalue weighted by molar-refractivity contribution is 7.93. The maximum atomic E-state index is 12.6. The van der Waals surface area contributed by atoms with Gasteiger partial charge >= 0.3 is 5.97 Å². The quantitative estimate of drug-likeness (QED) is 0.541. The topological polar surface area (TPSA) is 102 Å². The van der Waals surface area contributed by atoms with Crippen LogP contribution < -0.4 is 9.46 Å². The summed E-state index contributed by atoms with van der Waals surface area (Å²) in [6, 6.07) is 7.63. The molecule has 8 heteroatoms. The molecule has 0 saturated heterocycles. The molecule has 0 saturated carbocycles. The highest BCUT2D eigenvalue weighted by Gasteiger charge is 2.33. The minimum atomic E-state index is -3.63. The van der Waals surface area contributed by atoms with Crippen molar-refractivity contribution in [1.82, 2.24) is 0 Å². The van der Waals surface area contributed by atoms with E-state index in [1.807, 2.05) is 25.1 Å². The molecule has 0 aliphatic carbocycles. The van der Waals surface area contributed by atoms with Gasteiger partial charge in [0.25, 0.3) is 0 Å². The Morgan fingerprint density at radius 2 is 1.85 bits per heavy atom. The molecule has 0 fully saturated rings. The fourth-order valence-corrected chi connectivity index (χ4v) is 4.89. The molecule has 2 aromatic carbocycles. The molecular weight excluding hydrogens is 454 g/mol. The monoisotopic (exact) mass is 489 g/mol. The molecule has 2 N–H and O–H groups in total. The highest BCUT2D eigenvalue weighted by Crippen LogP contribution is 2.42. The first-order valence-electron chi connectivity index (χ1n) is 11.5. The molecule has 1 aliphatic heterocycles. The van der Waals surface area contributed by atoms with Gasteiger partial charge in [0.15, 0.2) is 6.10 Å².